The van der Waals surface area contributed by atoms with Crippen LogP contribution < -0.4 is 15.8 Å². The van der Waals surface area contributed by atoms with Crippen LogP contribution in [0.2, 0.25) is 0 Å². The van der Waals surface area contributed by atoms with Gasteiger partial charge in [-0.25, -0.2) is 9.97 Å². The largest absolute Gasteiger partial charge is 0.477 e. The van der Waals surface area contributed by atoms with Crippen LogP contribution in [0.5, 0.6) is 5.88 Å². The number of nitrogens with zero attached hydrogens (tertiary/aromatic N) is 2. The first-order valence-corrected chi connectivity index (χ1v) is 10.8. The molecule has 0 radical (unpaired) electrons. The van der Waals surface area contributed by atoms with Crippen LogP contribution in [-0.4, -0.2) is 22.5 Å². The number of pyridine rings is 2. The number of anilines is 2. The van der Waals surface area contributed by atoms with Crippen LogP contribution in [0.3, 0.4) is 0 Å². The molecule has 0 aliphatic carbocycles. The molecular weight excluding hydrogens is 412 g/mol. The number of amides is 1. The number of nitrogens with one attached hydrogen (secondary N) is 1. The van der Waals surface area contributed by atoms with E-state index in [1.54, 1.807) is 24.4 Å². The number of nitrogen functional groups attached to an aromatic ring is 1. The van der Waals surface area contributed by atoms with Gasteiger partial charge < -0.3 is 15.8 Å². The van der Waals surface area contributed by atoms with Gasteiger partial charge in [0.05, 0.1) is 18.5 Å². The van der Waals surface area contributed by atoms with Crippen molar-refractivity contribution in [3.05, 3.63) is 101 Å². The van der Waals surface area contributed by atoms with E-state index in [1.165, 1.54) is 5.56 Å². The number of carbonyl (C=O) groups excluding carboxylic acids is 1. The number of carbonyl (C=O) groups is 1. The van der Waals surface area contributed by atoms with Crippen LogP contribution in [0.4, 0.5) is 11.5 Å². The summed E-state index contributed by atoms with van der Waals surface area (Å²) in [4.78, 5) is 21.6. The predicted molar refractivity (Wildman–Crippen MR) is 131 cm³/mol. The van der Waals surface area contributed by atoms with E-state index in [4.69, 9.17) is 10.5 Å². The Labute approximate surface area is 193 Å². The molecule has 2 aromatic heterocycles. The van der Waals surface area contributed by atoms with Gasteiger partial charge in [-0.15, -0.1) is 0 Å². The second kappa shape index (κ2) is 9.96. The molecule has 0 spiro atoms. The number of hydrogen-bond acceptors (Lipinski definition) is 5. The fraction of sp³-hybridized carbons (Fsp3) is 0.148. The summed E-state index contributed by atoms with van der Waals surface area (Å²) in [5.41, 5.74) is 11.9. The highest BCUT2D eigenvalue weighted by Crippen LogP contribution is 2.26. The first kappa shape index (κ1) is 22.0. The number of aromatic nitrogens is 2. The summed E-state index contributed by atoms with van der Waals surface area (Å²) < 4.78 is 5.69. The van der Waals surface area contributed by atoms with Crippen LogP contribution in [0, 0.1) is 13.8 Å². The Hall–Kier alpha value is -4.19. The molecule has 33 heavy (non-hydrogen) atoms. The van der Waals surface area contributed by atoms with E-state index in [0.717, 1.165) is 22.4 Å². The Bertz CT molecular complexity index is 1250. The van der Waals surface area contributed by atoms with Gasteiger partial charge in [0.1, 0.15) is 5.82 Å². The Kier molecular flexibility index (Phi) is 6.64. The van der Waals surface area contributed by atoms with Crippen LogP contribution in [0.1, 0.15) is 27.2 Å². The van der Waals surface area contributed by atoms with Crippen molar-refractivity contribution >= 4 is 17.4 Å². The third-order valence-electron chi connectivity index (χ3n) is 5.21. The first-order chi connectivity index (χ1) is 16.0. The van der Waals surface area contributed by atoms with E-state index >= 15 is 0 Å². The van der Waals surface area contributed by atoms with Crippen molar-refractivity contribution in [1.29, 1.82) is 0 Å². The molecule has 3 N–H and O–H groups in total. The van der Waals surface area contributed by atoms with Gasteiger partial charge in [0.15, 0.2) is 0 Å². The molecular formula is C27H26N4O2. The molecule has 0 saturated carbocycles. The molecule has 0 fully saturated rings. The molecule has 4 aromatic rings. The predicted octanol–water partition coefficient (Wildman–Crippen LogP) is 5.22. The summed E-state index contributed by atoms with van der Waals surface area (Å²) in [6.07, 6.45) is 2.22. The molecule has 0 unspecified atom stereocenters. The SMILES string of the molecule is Cc1ccc(-c2ccc(C)cc2C(=O)Nc2ccc(OCCc3cccc(N)n3)nc2)cc1. The monoisotopic (exact) mass is 438 g/mol. The normalized spacial score (nSPS) is 10.6. The van der Waals surface area contributed by atoms with Crippen molar-refractivity contribution in [1.82, 2.24) is 9.97 Å². The Morgan fingerprint density at radius 3 is 2.48 bits per heavy atom. The van der Waals surface area contributed by atoms with E-state index in [-0.39, 0.29) is 5.91 Å². The highest BCUT2D eigenvalue weighted by atomic mass is 16.5. The summed E-state index contributed by atoms with van der Waals surface area (Å²) in [6, 6.07) is 23.1. The standard InChI is InChI=1S/C27H26N4O2/c1-18-6-9-20(10-7-18)23-12-8-19(2)16-24(23)27(32)31-22-11-13-26(29-17-22)33-15-14-21-4-3-5-25(28)30-21/h3-13,16-17H,14-15H2,1-2H3,(H2,28,30)(H,31,32). The third-order valence-corrected chi connectivity index (χ3v) is 5.21. The van der Waals surface area contributed by atoms with Gasteiger partial charge in [-0.3, -0.25) is 4.79 Å². The Balaban J connectivity index is 1.41. The molecule has 6 nitrogen and oxygen atoms in total. The van der Waals surface area contributed by atoms with Crippen molar-refractivity contribution in [3.63, 3.8) is 0 Å². The van der Waals surface area contributed by atoms with Gasteiger partial charge in [-0.05, 0) is 49.2 Å². The van der Waals surface area contributed by atoms with Gasteiger partial charge in [0.25, 0.3) is 5.91 Å². The Morgan fingerprint density at radius 2 is 1.76 bits per heavy atom. The number of nitrogens with two attached hydrogens (primary N) is 1. The average Bonchev–Trinajstić information content (AvgIpc) is 2.81. The third kappa shape index (κ3) is 5.74. The highest BCUT2D eigenvalue weighted by molar-refractivity contribution is 6.08. The minimum absolute atomic E-state index is 0.183. The van der Waals surface area contributed by atoms with Crippen LogP contribution in [-0.2, 0) is 6.42 Å². The molecule has 4 rings (SSSR count). The van der Waals surface area contributed by atoms with Gasteiger partial charge >= 0.3 is 0 Å². The lowest BCUT2D eigenvalue weighted by Gasteiger charge is -2.12. The minimum atomic E-state index is -0.183. The molecule has 2 heterocycles. The summed E-state index contributed by atoms with van der Waals surface area (Å²) in [5, 5.41) is 2.94. The van der Waals surface area contributed by atoms with Gasteiger partial charge in [-0.1, -0.05) is 53.6 Å². The maximum Gasteiger partial charge on any atom is 0.256 e. The maximum atomic E-state index is 13.1. The van der Waals surface area contributed by atoms with E-state index in [1.807, 2.05) is 68.4 Å². The van der Waals surface area contributed by atoms with Crippen LogP contribution in [0.15, 0.2) is 79.0 Å². The number of ether oxygens (including phenoxy) is 1. The topological polar surface area (TPSA) is 90.1 Å². The molecule has 0 aliphatic rings. The molecule has 6 heteroatoms. The smallest absolute Gasteiger partial charge is 0.256 e. The summed E-state index contributed by atoms with van der Waals surface area (Å²) >= 11 is 0. The van der Waals surface area contributed by atoms with Crippen LogP contribution >= 0.6 is 0 Å². The minimum Gasteiger partial charge on any atom is -0.477 e. The molecule has 0 aliphatic heterocycles. The lowest BCUT2D eigenvalue weighted by Crippen LogP contribution is -2.14. The Morgan fingerprint density at radius 1 is 0.970 bits per heavy atom. The van der Waals surface area contributed by atoms with Gasteiger partial charge in [0, 0.05) is 23.7 Å². The summed E-state index contributed by atoms with van der Waals surface area (Å²) in [7, 11) is 0. The second-order valence-corrected chi connectivity index (χ2v) is 7.91. The van der Waals surface area contributed by atoms with E-state index < -0.39 is 0 Å². The van der Waals surface area contributed by atoms with E-state index in [9.17, 15) is 4.79 Å². The lowest BCUT2D eigenvalue weighted by molar-refractivity contribution is 0.102. The van der Waals surface area contributed by atoms with Crippen molar-refractivity contribution in [2.75, 3.05) is 17.7 Å². The highest BCUT2D eigenvalue weighted by Gasteiger charge is 2.14. The molecule has 0 saturated heterocycles. The fourth-order valence-electron chi connectivity index (χ4n) is 3.47. The molecule has 0 atom stereocenters. The zero-order valence-electron chi connectivity index (χ0n) is 18.7. The van der Waals surface area contributed by atoms with Crippen molar-refractivity contribution in [3.8, 4) is 17.0 Å². The molecule has 1 amide bonds. The zero-order chi connectivity index (χ0) is 23.2. The summed E-state index contributed by atoms with van der Waals surface area (Å²) in [6.45, 7) is 4.45. The zero-order valence-corrected chi connectivity index (χ0v) is 18.7. The number of rotatable bonds is 7. The number of benzene rings is 2. The van der Waals surface area contributed by atoms with Crippen molar-refractivity contribution in [2.45, 2.75) is 20.3 Å². The van der Waals surface area contributed by atoms with E-state index in [0.29, 0.717) is 36.0 Å². The molecule has 2 aromatic carbocycles. The van der Waals surface area contributed by atoms with Gasteiger partial charge in [-0.2, -0.15) is 0 Å². The van der Waals surface area contributed by atoms with Crippen molar-refractivity contribution < 1.29 is 9.53 Å². The summed E-state index contributed by atoms with van der Waals surface area (Å²) in [5.74, 6) is 0.787. The first-order valence-electron chi connectivity index (χ1n) is 10.8. The number of aryl methyl sites for hydroxylation is 2. The fourth-order valence-corrected chi connectivity index (χ4v) is 3.47. The maximum absolute atomic E-state index is 13.1. The molecule has 166 valence electrons. The number of hydrogen-bond donors (Lipinski definition) is 2. The quantitative estimate of drug-likeness (QED) is 0.413. The van der Waals surface area contributed by atoms with Gasteiger partial charge in [0.2, 0.25) is 5.88 Å². The van der Waals surface area contributed by atoms with Crippen molar-refractivity contribution in [2.24, 2.45) is 0 Å². The average molecular weight is 439 g/mol. The second-order valence-electron chi connectivity index (χ2n) is 7.91. The van der Waals surface area contributed by atoms with E-state index in [2.05, 4.69) is 15.3 Å². The molecule has 0 bridgehead atoms. The lowest BCUT2D eigenvalue weighted by atomic mass is 9.96. The van der Waals surface area contributed by atoms with Crippen LogP contribution in [0.25, 0.3) is 11.1 Å².